The number of methoxy groups -OCH3 is 1. The molecule has 1 aliphatic heterocycles. The van der Waals surface area contributed by atoms with Crippen molar-refractivity contribution < 1.29 is 27.4 Å². The van der Waals surface area contributed by atoms with Crippen molar-refractivity contribution in [2.24, 2.45) is 7.05 Å². The van der Waals surface area contributed by atoms with E-state index in [4.69, 9.17) is 14.2 Å². The summed E-state index contributed by atoms with van der Waals surface area (Å²) in [5.41, 5.74) is 0.282. The Bertz CT molecular complexity index is 1290. The van der Waals surface area contributed by atoms with Gasteiger partial charge in [-0.3, -0.25) is 9.48 Å². The van der Waals surface area contributed by atoms with Crippen molar-refractivity contribution >= 4 is 21.7 Å². The van der Waals surface area contributed by atoms with E-state index in [2.05, 4.69) is 15.4 Å². The van der Waals surface area contributed by atoms with Gasteiger partial charge in [-0.2, -0.15) is 9.40 Å². The Balaban J connectivity index is 1.56. The van der Waals surface area contributed by atoms with E-state index in [-0.39, 0.29) is 22.4 Å². The minimum atomic E-state index is -3.54. The molecule has 12 heteroatoms. The first-order chi connectivity index (χ1) is 16.7. The molecule has 0 spiro atoms. The highest BCUT2D eigenvalue weighted by Gasteiger charge is 2.29. The number of carbonyl (C=O) groups excluding carboxylic acids is 1. The predicted octanol–water partition coefficient (Wildman–Crippen LogP) is 2.67. The lowest BCUT2D eigenvalue weighted by Gasteiger charge is -2.29. The average molecular weight is 502 g/mol. The van der Waals surface area contributed by atoms with Crippen molar-refractivity contribution in [3.05, 3.63) is 54.4 Å². The van der Waals surface area contributed by atoms with Gasteiger partial charge in [0, 0.05) is 57.2 Å². The molecule has 0 unspecified atom stereocenters. The van der Waals surface area contributed by atoms with Gasteiger partial charge in [-0.1, -0.05) is 0 Å². The van der Waals surface area contributed by atoms with Crippen molar-refractivity contribution in [1.29, 1.82) is 0 Å². The standard InChI is InChI=1S/C23H27N5O6S/c1-16(15-32-3)33-18-11-17(23(29)25-21-7-10-27(2)26-21)12-19(13-18)34-22-6-5-20(14-24-22)35(30,31)28-8-4-9-28/h5-7,10-14,16H,4,8-9,15H2,1-3H3,(H,25,26,29)/t16-/m0/s1. The largest absolute Gasteiger partial charge is 0.488 e. The predicted molar refractivity (Wildman–Crippen MR) is 127 cm³/mol. The lowest BCUT2D eigenvalue weighted by Crippen LogP contribution is -2.41. The summed E-state index contributed by atoms with van der Waals surface area (Å²) in [4.78, 5) is 17.1. The summed E-state index contributed by atoms with van der Waals surface area (Å²) in [5.74, 6) is 0.868. The second-order valence-corrected chi connectivity index (χ2v) is 10.0. The molecule has 0 aliphatic carbocycles. The van der Waals surface area contributed by atoms with Crippen molar-refractivity contribution in [3.63, 3.8) is 0 Å². The van der Waals surface area contributed by atoms with E-state index in [0.29, 0.717) is 37.0 Å². The number of nitrogens with zero attached hydrogens (tertiary/aromatic N) is 4. The van der Waals surface area contributed by atoms with Crippen molar-refractivity contribution in [2.75, 3.05) is 32.1 Å². The summed E-state index contributed by atoms with van der Waals surface area (Å²) in [6.45, 7) is 3.22. The smallest absolute Gasteiger partial charge is 0.257 e. The Hall–Kier alpha value is -3.48. The second kappa shape index (κ2) is 10.4. The van der Waals surface area contributed by atoms with Crippen molar-refractivity contribution in [2.45, 2.75) is 24.3 Å². The number of amides is 1. The molecule has 1 saturated heterocycles. The van der Waals surface area contributed by atoms with E-state index < -0.39 is 15.9 Å². The first kappa shape index (κ1) is 24.6. The lowest BCUT2D eigenvalue weighted by atomic mass is 10.2. The van der Waals surface area contributed by atoms with Crippen LogP contribution < -0.4 is 14.8 Å². The van der Waals surface area contributed by atoms with E-state index in [0.717, 1.165) is 6.42 Å². The highest BCUT2D eigenvalue weighted by Crippen LogP contribution is 2.29. The van der Waals surface area contributed by atoms with Gasteiger partial charge >= 0.3 is 0 Å². The molecule has 1 N–H and O–H groups in total. The Kier molecular flexibility index (Phi) is 7.34. The first-order valence-corrected chi connectivity index (χ1v) is 12.4. The molecule has 1 aliphatic rings. The number of anilines is 1. The number of carbonyl (C=O) groups is 1. The van der Waals surface area contributed by atoms with Crippen LogP contribution in [0.4, 0.5) is 5.82 Å². The number of rotatable bonds is 10. The van der Waals surface area contributed by atoms with E-state index in [1.807, 2.05) is 6.92 Å². The molecule has 1 aromatic carbocycles. The fourth-order valence-corrected chi connectivity index (χ4v) is 4.84. The SMILES string of the molecule is COC[C@H](C)Oc1cc(Oc2ccc(S(=O)(=O)N3CCC3)cn2)cc(C(=O)Nc2ccn(C)n2)c1. The van der Waals surface area contributed by atoms with Gasteiger partial charge in [0.1, 0.15) is 22.5 Å². The number of aryl methyl sites for hydroxylation is 1. The van der Waals surface area contributed by atoms with Crippen LogP contribution in [0.1, 0.15) is 23.7 Å². The van der Waals surface area contributed by atoms with Gasteiger partial charge in [-0.25, -0.2) is 13.4 Å². The van der Waals surface area contributed by atoms with Crippen LogP contribution >= 0.6 is 0 Å². The number of benzene rings is 1. The van der Waals surface area contributed by atoms with Gasteiger partial charge in [-0.05, 0) is 31.5 Å². The molecule has 1 atom stereocenters. The minimum absolute atomic E-state index is 0.102. The highest BCUT2D eigenvalue weighted by atomic mass is 32.2. The van der Waals surface area contributed by atoms with E-state index in [1.165, 1.54) is 22.6 Å². The van der Waals surface area contributed by atoms with Crippen LogP contribution in [0.5, 0.6) is 17.4 Å². The Labute approximate surface area is 203 Å². The van der Waals surface area contributed by atoms with Gasteiger partial charge in [0.25, 0.3) is 5.91 Å². The number of hydrogen-bond donors (Lipinski definition) is 1. The third kappa shape index (κ3) is 5.96. The maximum Gasteiger partial charge on any atom is 0.257 e. The number of pyridine rings is 1. The third-order valence-corrected chi connectivity index (χ3v) is 7.10. The Morgan fingerprint density at radius 2 is 1.94 bits per heavy atom. The summed E-state index contributed by atoms with van der Waals surface area (Å²) in [5, 5.41) is 6.88. The van der Waals surface area contributed by atoms with Crippen LogP contribution in [0.15, 0.2) is 53.7 Å². The molecule has 1 fully saturated rings. The zero-order valence-electron chi connectivity index (χ0n) is 19.7. The monoisotopic (exact) mass is 501 g/mol. The van der Waals surface area contributed by atoms with Crippen LogP contribution in [-0.2, 0) is 21.8 Å². The summed E-state index contributed by atoms with van der Waals surface area (Å²) < 4.78 is 44.9. The molecular weight excluding hydrogens is 474 g/mol. The van der Waals surface area contributed by atoms with Crippen LogP contribution in [0, 0.1) is 0 Å². The van der Waals surface area contributed by atoms with Crippen molar-refractivity contribution in [1.82, 2.24) is 19.1 Å². The maximum absolute atomic E-state index is 12.9. The molecule has 35 heavy (non-hydrogen) atoms. The van der Waals surface area contributed by atoms with Crippen molar-refractivity contribution in [3.8, 4) is 17.4 Å². The number of ether oxygens (including phenoxy) is 3. The molecule has 0 saturated carbocycles. The summed E-state index contributed by atoms with van der Waals surface area (Å²) in [7, 11) is -0.218. The number of aromatic nitrogens is 3. The second-order valence-electron chi connectivity index (χ2n) is 8.10. The third-order valence-electron chi connectivity index (χ3n) is 5.22. The van der Waals surface area contributed by atoms with Gasteiger partial charge in [0.15, 0.2) is 5.82 Å². The molecule has 2 aromatic heterocycles. The molecule has 0 radical (unpaired) electrons. The quantitative estimate of drug-likeness (QED) is 0.450. The van der Waals surface area contributed by atoms with Gasteiger partial charge in [-0.15, -0.1) is 0 Å². The van der Waals surface area contributed by atoms with E-state index >= 15 is 0 Å². The highest BCUT2D eigenvalue weighted by molar-refractivity contribution is 7.89. The maximum atomic E-state index is 12.9. The first-order valence-electron chi connectivity index (χ1n) is 11.0. The zero-order valence-corrected chi connectivity index (χ0v) is 20.5. The fraction of sp³-hybridized carbons (Fsp3) is 0.348. The molecule has 3 heterocycles. The fourth-order valence-electron chi connectivity index (χ4n) is 3.38. The topological polar surface area (TPSA) is 125 Å². The summed E-state index contributed by atoms with van der Waals surface area (Å²) in [6, 6.07) is 9.35. The van der Waals surface area contributed by atoms with E-state index in [1.54, 1.807) is 49.3 Å². The lowest BCUT2D eigenvalue weighted by molar-refractivity contribution is 0.0915. The molecule has 3 aromatic rings. The van der Waals surface area contributed by atoms with Crippen LogP contribution in [0.3, 0.4) is 0 Å². The Morgan fingerprint density at radius 3 is 2.54 bits per heavy atom. The number of nitrogens with one attached hydrogen (secondary N) is 1. The van der Waals surface area contributed by atoms with Gasteiger partial charge in [0.05, 0.1) is 12.8 Å². The van der Waals surface area contributed by atoms with Gasteiger partial charge in [0.2, 0.25) is 15.9 Å². The van der Waals surface area contributed by atoms with Crippen LogP contribution in [-0.4, -0.2) is 66.3 Å². The molecule has 1 amide bonds. The molecular formula is C23H27N5O6S. The van der Waals surface area contributed by atoms with Crippen LogP contribution in [0.25, 0.3) is 0 Å². The molecule has 186 valence electrons. The molecule has 11 nitrogen and oxygen atoms in total. The summed E-state index contributed by atoms with van der Waals surface area (Å²) in [6.07, 6.45) is 3.56. The normalized spacial score (nSPS) is 14.7. The molecule has 0 bridgehead atoms. The minimum Gasteiger partial charge on any atom is -0.488 e. The number of sulfonamides is 1. The summed E-state index contributed by atoms with van der Waals surface area (Å²) >= 11 is 0. The Morgan fingerprint density at radius 1 is 1.17 bits per heavy atom. The average Bonchev–Trinajstić information content (AvgIpc) is 3.17. The number of hydrogen-bond acceptors (Lipinski definition) is 8. The van der Waals surface area contributed by atoms with E-state index in [9.17, 15) is 13.2 Å². The van der Waals surface area contributed by atoms with Gasteiger partial charge < -0.3 is 19.5 Å². The zero-order chi connectivity index (χ0) is 25.0. The van der Waals surface area contributed by atoms with Crippen LogP contribution in [0.2, 0.25) is 0 Å². The molecule has 4 rings (SSSR count).